The Balaban J connectivity index is 2.32. The van der Waals surface area contributed by atoms with Crippen LogP contribution in [0.25, 0.3) is 0 Å². The van der Waals surface area contributed by atoms with Crippen LogP contribution in [-0.2, 0) is 9.59 Å². The van der Waals surface area contributed by atoms with Gasteiger partial charge in [-0.15, -0.1) is 11.6 Å². The van der Waals surface area contributed by atoms with Crippen LogP contribution in [-0.4, -0.2) is 54.7 Å². The number of rotatable bonds is 3. The van der Waals surface area contributed by atoms with Crippen LogP contribution in [0.2, 0.25) is 0 Å². The van der Waals surface area contributed by atoms with Gasteiger partial charge in [-0.05, 0) is 18.8 Å². The number of piperidine rings is 1. The zero-order valence-corrected chi connectivity index (χ0v) is 10.7. The van der Waals surface area contributed by atoms with Gasteiger partial charge in [0, 0.05) is 33.6 Å². The van der Waals surface area contributed by atoms with Gasteiger partial charge >= 0.3 is 0 Å². The SMILES string of the molecule is CN(C)C(=O)CC1CCN(C(=O)CCl)CC1. The van der Waals surface area contributed by atoms with Gasteiger partial charge in [-0.3, -0.25) is 9.59 Å². The van der Waals surface area contributed by atoms with Crippen LogP contribution in [0.3, 0.4) is 0 Å². The minimum atomic E-state index is -0.000877. The summed E-state index contributed by atoms with van der Waals surface area (Å²) < 4.78 is 0. The van der Waals surface area contributed by atoms with E-state index in [0.29, 0.717) is 12.3 Å². The maximum Gasteiger partial charge on any atom is 0.237 e. The molecule has 0 atom stereocenters. The second-order valence-corrected chi connectivity index (χ2v) is 4.72. The highest BCUT2D eigenvalue weighted by molar-refractivity contribution is 6.27. The number of alkyl halides is 1. The van der Waals surface area contributed by atoms with E-state index in [-0.39, 0.29) is 17.7 Å². The topological polar surface area (TPSA) is 40.6 Å². The van der Waals surface area contributed by atoms with Crippen molar-refractivity contribution in [3.05, 3.63) is 0 Å². The molecule has 1 rings (SSSR count). The summed E-state index contributed by atoms with van der Waals surface area (Å²) >= 11 is 5.50. The molecule has 1 saturated heterocycles. The molecule has 0 unspecified atom stereocenters. The number of halogens is 1. The molecule has 1 heterocycles. The molecular weight excluding hydrogens is 228 g/mol. The van der Waals surface area contributed by atoms with Gasteiger partial charge < -0.3 is 9.80 Å². The van der Waals surface area contributed by atoms with E-state index in [0.717, 1.165) is 25.9 Å². The largest absolute Gasteiger partial charge is 0.349 e. The zero-order chi connectivity index (χ0) is 12.1. The summed E-state index contributed by atoms with van der Waals surface area (Å²) in [7, 11) is 3.54. The maximum absolute atomic E-state index is 11.5. The molecule has 0 N–H and O–H groups in total. The van der Waals surface area contributed by atoms with Gasteiger partial charge in [0.2, 0.25) is 11.8 Å². The van der Waals surface area contributed by atoms with Crippen molar-refractivity contribution in [3.63, 3.8) is 0 Å². The van der Waals surface area contributed by atoms with Gasteiger partial charge in [-0.1, -0.05) is 0 Å². The lowest BCUT2D eigenvalue weighted by Gasteiger charge is -2.31. The van der Waals surface area contributed by atoms with E-state index in [4.69, 9.17) is 11.6 Å². The molecule has 0 spiro atoms. The van der Waals surface area contributed by atoms with Crippen molar-refractivity contribution in [2.45, 2.75) is 19.3 Å². The Morgan fingerprint density at radius 1 is 1.31 bits per heavy atom. The number of likely N-dealkylation sites (tertiary alicyclic amines) is 1. The molecule has 0 aromatic carbocycles. The van der Waals surface area contributed by atoms with Crippen LogP contribution in [0.1, 0.15) is 19.3 Å². The second-order valence-electron chi connectivity index (χ2n) is 4.45. The minimum absolute atomic E-state index is 0.000877. The summed E-state index contributed by atoms with van der Waals surface area (Å²) in [5, 5.41) is 0. The van der Waals surface area contributed by atoms with Crippen molar-refractivity contribution in [1.29, 1.82) is 0 Å². The van der Waals surface area contributed by atoms with Crippen molar-refractivity contribution < 1.29 is 9.59 Å². The number of nitrogens with zero attached hydrogens (tertiary/aromatic N) is 2. The van der Waals surface area contributed by atoms with Crippen molar-refractivity contribution in [3.8, 4) is 0 Å². The smallest absolute Gasteiger partial charge is 0.237 e. The van der Waals surface area contributed by atoms with E-state index >= 15 is 0 Å². The average molecular weight is 247 g/mol. The molecule has 0 saturated carbocycles. The predicted molar refractivity (Wildman–Crippen MR) is 63.3 cm³/mol. The molecule has 4 nitrogen and oxygen atoms in total. The van der Waals surface area contributed by atoms with Gasteiger partial charge in [-0.2, -0.15) is 0 Å². The van der Waals surface area contributed by atoms with Gasteiger partial charge in [0.25, 0.3) is 0 Å². The molecule has 92 valence electrons. The lowest BCUT2D eigenvalue weighted by Crippen LogP contribution is -2.40. The minimum Gasteiger partial charge on any atom is -0.349 e. The Bertz CT molecular complexity index is 261. The quantitative estimate of drug-likeness (QED) is 0.696. The van der Waals surface area contributed by atoms with Crippen LogP contribution in [0, 0.1) is 5.92 Å². The Labute approximate surface area is 102 Å². The molecule has 2 amide bonds. The summed E-state index contributed by atoms with van der Waals surface area (Å²) in [6, 6.07) is 0. The fourth-order valence-corrected chi connectivity index (χ4v) is 2.07. The van der Waals surface area contributed by atoms with Gasteiger partial charge in [0.05, 0.1) is 0 Å². The highest BCUT2D eigenvalue weighted by Gasteiger charge is 2.24. The van der Waals surface area contributed by atoms with Crippen LogP contribution in [0.5, 0.6) is 0 Å². The number of hydrogen-bond donors (Lipinski definition) is 0. The van der Waals surface area contributed by atoms with Crippen LogP contribution >= 0.6 is 11.6 Å². The Morgan fingerprint density at radius 2 is 1.88 bits per heavy atom. The average Bonchev–Trinajstić information content (AvgIpc) is 2.28. The number of amides is 2. The van der Waals surface area contributed by atoms with Crippen LogP contribution in [0.15, 0.2) is 0 Å². The van der Waals surface area contributed by atoms with E-state index in [1.54, 1.807) is 23.9 Å². The molecule has 16 heavy (non-hydrogen) atoms. The monoisotopic (exact) mass is 246 g/mol. The van der Waals surface area contributed by atoms with Gasteiger partial charge in [0.15, 0.2) is 0 Å². The Hall–Kier alpha value is -0.770. The molecule has 0 aromatic rings. The van der Waals surface area contributed by atoms with Crippen molar-refractivity contribution in [2.24, 2.45) is 5.92 Å². The second kappa shape index (κ2) is 6.09. The first-order chi connectivity index (χ1) is 7.54. The fourth-order valence-electron chi connectivity index (χ4n) is 1.90. The zero-order valence-electron chi connectivity index (χ0n) is 9.91. The first-order valence-corrected chi connectivity index (χ1v) is 6.12. The highest BCUT2D eigenvalue weighted by Crippen LogP contribution is 2.21. The third-order valence-electron chi connectivity index (χ3n) is 3.04. The normalized spacial score (nSPS) is 17.3. The maximum atomic E-state index is 11.5. The van der Waals surface area contributed by atoms with Gasteiger partial charge in [-0.25, -0.2) is 0 Å². The van der Waals surface area contributed by atoms with Crippen LogP contribution < -0.4 is 0 Å². The molecule has 0 bridgehead atoms. The van der Waals surface area contributed by atoms with Crippen molar-refractivity contribution >= 4 is 23.4 Å². The molecule has 1 aliphatic rings. The van der Waals surface area contributed by atoms with Crippen molar-refractivity contribution in [2.75, 3.05) is 33.1 Å². The molecular formula is C11H19ClN2O2. The summed E-state index contributed by atoms with van der Waals surface area (Å²) in [5.74, 6) is 0.636. The molecule has 1 fully saturated rings. The van der Waals surface area contributed by atoms with E-state index in [1.165, 1.54) is 0 Å². The summed E-state index contributed by atoms with van der Waals surface area (Å²) in [6.45, 7) is 1.47. The Kier molecular flexibility index (Phi) is 5.06. The first-order valence-electron chi connectivity index (χ1n) is 5.58. The molecule has 0 radical (unpaired) electrons. The molecule has 1 aliphatic heterocycles. The molecule has 0 aliphatic carbocycles. The standard InChI is InChI=1S/C11H19ClN2O2/c1-13(2)10(15)7-9-3-5-14(6-4-9)11(16)8-12/h9H,3-8H2,1-2H3. The van der Waals surface area contributed by atoms with Crippen LogP contribution in [0.4, 0.5) is 0 Å². The third-order valence-corrected chi connectivity index (χ3v) is 3.27. The lowest BCUT2D eigenvalue weighted by atomic mass is 9.93. The van der Waals surface area contributed by atoms with Crippen molar-refractivity contribution in [1.82, 2.24) is 9.80 Å². The number of hydrogen-bond acceptors (Lipinski definition) is 2. The fraction of sp³-hybridized carbons (Fsp3) is 0.818. The Morgan fingerprint density at radius 3 is 2.31 bits per heavy atom. The molecule has 5 heteroatoms. The predicted octanol–water partition coefficient (Wildman–Crippen LogP) is 0.942. The third kappa shape index (κ3) is 3.67. The van der Waals surface area contributed by atoms with E-state index in [2.05, 4.69) is 0 Å². The first kappa shape index (κ1) is 13.3. The highest BCUT2D eigenvalue weighted by atomic mass is 35.5. The number of carbonyl (C=O) groups excluding carboxylic acids is 2. The summed E-state index contributed by atoms with van der Waals surface area (Å²) in [4.78, 5) is 26.2. The lowest BCUT2D eigenvalue weighted by molar-refractivity contribution is -0.131. The van der Waals surface area contributed by atoms with E-state index in [9.17, 15) is 9.59 Å². The molecule has 0 aromatic heterocycles. The van der Waals surface area contributed by atoms with E-state index < -0.39 is 0 Å². The summed E-state index contributed by atoms with van der Waals surface area (Å²) in [5.41, 5.74) is 0. The number of carbonyl (C=O) groups is 2. The van der Waals surface area contributed by atoms with E-state index in [1.807, 2.05) is 0 Å². The van der Waals surface area contributed by atoms with Gasteiger partial charge in [0.1, 0.15) is 5.88 Å². The summed E-state index contributed by atoms with van der Waals surface area (Å²) in [6.07, 6.45) is 2.40.